The minimum atomic E-state index is 0.0278. The first kappa shape index (κ1) is 11.4. The molecule has 96 valence electrons. The molecule has 2 fully saturated rings. The molecule has 18 heavy (non-hydrogen) atoms. The fourth-order valence-corrected chi connectivity index (χ4v) is 2.62. The molecule has 1 aromatic heterocycles. The molecule has 0 N–H and O–H groups in total. The van der Waals surface area contributed by atoms with Crippen molar-refractivity contribution < 1.29 is 4.79 Å². The van der Waals surface area contributed by atoms with Crippen molar-refractivity contribution in [1.29, 1.82) is 0 Å². The van der Waals surface area contributed by atoms with Crippen molar-refractivity contribution in [3.63, 3.8) is 0 Å². The van der Waals surface area contributed by atoms with Gasteiger partial charge in [-0.1, -0.05) is 11.8 Å². The van der Waals surface area contributed by atoms with Crippen LogP contribution in [0.3, 0.4) is 0 Å². The zero-order valence-electron chi connectivity index (χ0n) is 10.5. The van der Waals surface area contributed by atoms with E-state index >= 15 is 0 Å². The van der Waals surface area contributed by atoms with Crippen molar-refractivity contribution in [2.24, 2.45) is 0 Å². The largest absolute Gasteiger partial charge is 0.334 e. The zero-order valence-corrected chi connectivity index (χ0v) is 10.5. The summed E-state index contributed by atoms with van der Waals surface area (Å²) < 4.78 is 1.88. The number of aromatic nitrogens is 3. The third-order valence-corrected chi connectivity index (χ3v) is 3.78. The van der Waals surface area contributed by atoms with Crippen LogP contribution in [0.4, 0.5) is 0 Å². The number of likely N-dealkylation sites (tertiary alicyclic amines) is 1. The molecule has 1 aliphatic heterocycles. The van der Waals surface area contributed by atoms with Crippen LogP contribution in [0, 0.1) is 0 Å². The van der Waals surface area contributed by atoms with E-state index in [4.69, 9.17) is 0 Å². The Balaban J connectivity index is 1.66. The molecule has 1 atom stereocenters. The maximum absolute atomic E-state index is 11.7. The second-order valence-corrected chi connectivity index (χ2v) is 5.17. The van der Waals surface area contributed by atoms with Gasteiger partial charge in [0.25, 0.3) is 0 Å². The number of amides is 1. The summed E-state index contributed by atoms with van der Waals surface area (Å²) in [5.41, 5.74) is 1.11. The van der Waals surface area contributed by atoms with Crippen molar-refractivity contribution in [2.75, 3.05) is 6.54 Å². The summed E-state index contributed by atoms with van der Waals surface area (Å²) in [6.07, 6.45) is 8.01. The molecule has 0 radical (unpaired) electrons. The fourth-order valence-electron chi connectivity index (χ4n) is 2.62. The molecule has 0 bridgehead atoms. The summed E-state index contributed by atoms with van der Waals surface area (Å²) in [5.74, 6) is 0.660. The first-order valence-corrected chi connectivity index (χ1v) is 6.61. The topological polar surface area (TPSA) is 51.0 Å². The van der Waals surface area contributed by atoms with E-state index in [0.717, 1.165) is 31.6 Å². The molecule has 1 aromatic rings. The monoisotopic (exact) mass is 246 g/mol. The fraction of sp³-hybridized carbons (Fsp3) is 0.615. The van der Waals surface area contributed by atoms with Crippen LogP contribution in [-0.4, -0.2) is 38.4 Å². The normalized spacial score (nSPS) is 23.3. The van der Waals surface area contributed by atoms with Gasteiger partial charge < -0.3 is 4.90 Å². The minimum absolute atomic E-state index is 0.0278. The summed E-state index contributed by atoms with van der Waals surface area (Å²) in [5, 5.41) is 8.36. The molecule has 5 nitrogen and oxygen atoms in total. The molecule has 3 rings (SSSR count). The molecule has 1 amide bonds. The number of hydrogen-bond acceptors (Lipinski definition) is 3. The highest BCUT2D eigenvalue weighted by Crippen LogP contribution is 2.38. The van der Waals surface area contributed by atoms with Gasteiger partial charge in [0, 0.05) is 18.7 Å². The van der Waals surface area contributed by atoms with Gasteiger partial charge in [-0.3, -0.25) is 9.48 Å². The van der Waals surface area contributed by atoms with Crippen LogP contribution in [-0.2, 0) is 11.3 Å². The Hall–Kier alpha value is -1.65. The second kappa shape index (κ2) is 4.55. The number of carbonyl (C=O) groups is 1. The van der Waals surface area contributed by atoms with Gasteiger partial charge >= 0.3 is 0 Å². The Kier molecular flexibility index (Phi) is 2.89. The Morgan fingerprint density at radius 1 is 1.50 bits per heavy atom. The van der Waals surface area contributed by atoms with Crippen molar-refractivity contribution in [3.8, 4) is 0 Å². The second-order valence-electron chi connectivity index (χ2n) is 5.17. The summed E-state index contributed by atoms with van der Waals surface area (Å²) in [6.45, 7) is 5.14. The van der Waals surface area contributed by atoms with E-state index in [1.54, 1.807) is 0 Å². The highest BCUT2D eigenvalue weighted by molar-refractivity contribution is 5.87. The van der Waals surface area contributed by atoms with E-state index in [9.17, 15) is 4.79 Å². The third kappa shape index (κ3) is 2.17. The first-order valence-electron chi connectivity index (χ1n) is 6.61. The van der Waals surface area contributed by atoms with E-state index in [1.807, 2.05) is 15.8 Å². The molecular weight excluding hydrogens is 228 g/mol. The molecule has 1 aliphatic carbocycles. The Bertz CT molecular complexity index is 463. The zero-order chi connectivity index (χ0) is 12.5. The predicted octanol–water partition coefficient (Wildman–Crippen LogP) is 1.33. The SMILES string of the molecule is C=CC(=O)N1CCC[C@H]1Cn1cc(C2CC2)nn1. The van der Waals surface area contributed by atoms with E-state index < -0.39 is 0 Å². The van der Waals surface area contributed by atoms with Gasteiger partial charge in [0.2, 0.25) is 5.91 Å². The van der Waals surface area contributed by atoms with Crippen molar-refractivity contribution >= 4 is 5.91 Å². The maximum atomic E-state index is 11.7. The molecule has 1 saturated heterocycles. The van der Waals surface area contributed by atoms with Crippen LogP contribution in [0.5, 0.6) is 0 Å². The average molecular weight is 246 g/mol. The molecule has 5 heteroatoms. The first-order chi connectivity index (χ1) is 8.78. The number of carbonyl (C=O) groups excluding carboxylic acids is 1. The quantitative estimate of drug-likeness (QED) is 0.753. The number of nitrogens with zero attached hydrogens (tertiary/aromatic N) is 4. The summed E-state index contributed by atoms with van der Waals surface area (Å²) in [7, 11) is 0. The van der Waals surface area contributed by atoms with Crippen molar-refractivity contribution in [3.05, 3.63) is 24.5 Å². The van der Waals surface area contributed by atoms with Gasteiger partial charge in [-0.15, -0.1) is 5.10 Å². The van der Waals surface area contributed by atoms with Gasteiger partial charge in [-0.05, 0) is 31.8 Å². The lowest BCUT2D eigenvalue weighted by molar-refractivity contribution is -0.127. The van der Waals surface area contributed by atoms with Crippen molar-refractivity contribution in [1.82, 2.24) is 19.9 Å². The van der Waals surface area contributed by atoms with Crippen LogP contribution in [0.1, 0.15) is 37.3 Å². The Morgan fingerprint density at radius 3 is 3.06 bits per heavy atom. The van der Waals surface area contributed by atoms with Gasteiger partial charge in [0.1, 0.15) is 0 Å². The maximum Gasteiger partial charge on any atom is 0.246 e. The van der Waals surface area contributed by atoms with Gasteiger partial charge in [-0.2, -0.15) is 0 Å². The molecule has 2 aliphatic rings. The van der Waals surface area contributed by atoms with Gasteiger partial charge in [0.05, 0.1) is 18.3 Å². The highest BCUT2D eigenvalue weighted by atomic mass is 16.2. The molecule has 2 heterocycles. The molecular formula is C13H18N4O. The van der Waals surface area contributed by atoms with E-state index in [0.29, 0.717) is 5.92 Å². The van der Waals surface area contributed by atoms with Crippen LogP contribution in [0.15, 0.2) is 18.9 Å². The minimum Gasteiger partial charge on any atom is -0.334 e. The Morgan fingerprint density at radius 2 is 2.33 bits per heavy atom. The lowest BCUT2D eigenvalue weighted by Crippen LogP contribution is -2.37. The number of hydrogen-bond donors (Lipinski definition) is 0. The van der Waals surface area contributed by atoms with E-state index in [1.165, 1.54) is 18.9 Å². The van der Waals surface area contributed by atoms with E-state index in [-0.39, 0.29) is 11.9 Å². The van der Waals surface area contributed by atoms with Crippen LogP contribution < -0.4 is 0 Å². The highest BCUT2D eigenvalue weighted by Gasteiger charge is 2.29. The molecule has 1 saturated carbocycles. The van der Waals surface area contributed by atoms with Crippen LogP contribution in [0.2, 0.25) is 0 Å². The van der Waals surface area contributed by atoms with Crippen LogP contribution in [0.25, 0.3) is 0 Å². The van der Waals surface area contributed by atoms with Crippen LogP contribution >= 0.6 is 0 Å². The average Bonchev–Trinajstić information content (AvgIpc) is 2.96. The third-order valence-electron chi connectivity index (χ3n) is 3.78. The molecule has 0 unspecified atom stereocenters. The number of rotatable bonds is 4. The standard InChI is InChI=1S/C13H18N4O/c1-2-13(18)17-7-3-4-11(17)8-16-9-12(14-15-16)10-5-6-10/h2,9-11H,1,3-8H2/t11-/m0/s1. The van der Waals surface area contributed by atoms with Gasteiger partial charge in [0.15, 0.2) is 0 Å². The summed E-state index contributed by atoms with van der Waals surface area (Å²) in [4.78, 5) is 13.6. The lowest BCUT2D eigenvalue weighted by atomic mass is 10.2. The molecule has 0 aromatic carbocycles. The smallest absolute Gasteiger partial charge is 0.246 e. The summed E-state index contributed by atoms with van der Waals surface area (Å²) >= 11 is 0. The molecule has 0 spiro atoms. The predicted molar refractivity (Wildman–Crippen MR) is 66.9 cm³/mol. The Labute approximate surface area is 106 Å². The lowest BCUT2D eigenvalue weighted by Gasteiger charge is -2.22. The van der Waals surface area contributed by atoms with Gasteiger partial charge in [-0.25, -0.2) is 0 Å². The summed E-state index contributed by atoms with van der Waals surface area (Å²) in [6, 6.07) is 0.240. The van der Waals surface area contributed by atoms with E-state index in [2.05, 4.69) is 16.9 Å². The van der Waals surface area contributed by atoms with Crippen molar-refractivity contribution in [2.45, 2.75) is 44.2 Å².